The lowest BCUT2D eigenvalue weighted by molar-refractivity contribution is 0.195. The SMILES string of the molecule is C[C@@H]1C[C@@H]1CNC(=O)N(C)CCOc1ccc(S(N)(=O)=O)cc1. The summed E-state index contributed by atoms with van der Waals surface area (Å²) in [6.45, 7) is 3.65. The van der Waals surface area contributed by atoms with Gasteiger partial charge in [0.15, 0.2) is 0 Å². The van der Waals surface area contributed by atoms with E-state index in [9.17, 15) is 13.2 Å². The summed E-state index contributed by atoms with van der Waals surface area (Å²) in [5.41, 5.74) is 0. The van der Waals surface area contributed by atoms with Gasteiger partial charge in [-0.1, -0.05) is 6.92 Å². The topological polar surface area (TPSA) is 102 Å². The smallest absolute Gasteiger partial charge is 0.317 e. The monoisotopic (exact) mass is 341 g/mol. The third-order valence-corrected chi connectivity index (χ3v) is 4.92. The molecule has 3 N–H and O–H groups in total. The van der Waals surface area contributed by atoms with Crippen LogP contribution in [0.4, 0.5) is 4.79 Å². The highest BCUT2D eigenvalue weighted by Gasteiger charge is 2.32. The van der Waals surface area contributed by atoms with Gasteiger partial charge < -0.3 is 15.0 Å². The van der Waals surface area contributed by atoms with E-state index in [0.717, 1.165) is 6.54 Å². The Morgan fingerprint density at radius 2 is 2.00 bits per heavy atom. The second kappa shape index (κ2) is 7.18. The summed E-state index contributed by atoms with van der Waals surface area (Å²) in [6, 6.07) is 5.73. The first kappa shape index (κ1) is 17.6. The number of hydrogen-bond acceptors (Lipinski definition) is 4. The fourth-order valence-corrected chi connectivity index (χ4v) is 2.68. The van der Waals surface area contributed by atoms with E-state index in [2.05, 4.69) is 12.2 Å². The number of likely N-dealkylation sites (N-methyl/N-ethyl adjacent to an activating group) is 1. The predicted molar refractivity (Wildman–Crippen MR) is 86.6 cm³/mol. The zero-order valence-electron chi connectivity index (χ0n) is 13.4. The number of nitrogens with zero attached hydrogens (tertiary/aromatic N) is 1. The molecule has 1 aromatic carbocycles. The van der Waals surface area contributed by atoms with E-state index in [4.69, 9.17) is 9.88 Å². The maximum atomic E-state index is 11.9. The molecule has 0 aromatic heterocycles. The van der Waals surface area contributed by atoms with Gasteiger partial charge in [-0.3, -0.25) is 0 Å². The molecular weight excluding hydrogens is 318 g/mol. The minimum atomic E-state index is -3.69. The summed E-state index contributed by atoms with van der Waals surface area (Å²) >= 11 is 0. The number of primary sulfonamides is 1. The first-order valence-electron chi connectivity index (χ1n) is 7.52. The zero-order valence-corrected chi connectivity index (χ0v) is 14.2. The predicted octanol–water partition coefficient (Wildman–Crippen LogP) is 1.01. The molecule has 8 heteroatoms. The Balaban J connectivity index is 1.70. The van der Waals surface area contributed by atoms with Gasteiger partial charge in [0.05, 0.1) is 11.4 Å². The average molecular weight is 341 g/mol. The van der Waals surface area contributed by atoms with Gasteiger partial charge in [-0.15, -0.1) is 0 Å². The number of carbonyl (C=O) groups is 1. The van der Waals surface area contributed by atoms with E-state index in [0.29, 0.717) is 30.7 Å². The second-order valence-corrected chi connectivity index (χ2v) is 7.51. The molecule has 2 amide bonds. The summed E-state index contributed by atoms with van der Waals surface area (Å²) < 4.78 is 27.8. The summed E-state index contributed by atoms with van der Waals surface area (Å²) in [5.74, 6) is 1.85. The summed E-state index contributed by atoms with van der Waals surface area (Å²) in [6.07, 6.45) is 1.18. The molecule has 7 nitrogen and oxygen atoms in total. The molecule has 1 aliphatic carbocycles. The molecular formula is C15H23N3O4S. The highest BCUT2D eigenvalue weighted by Crippen LogP contribution is 2.36. The van der Waals surface area contributed by atoms with Gasteiger partial charge >= 0.3 is 6.03 Å². The second-order valence-electron chi connectivity index (χ2n) is 5.95. The number of carbonyl (C=O) groups excluding carboxylic acids is 1. The molecule has 1 saturated carbocycles. The number of ether oxygens (including phenoxy) is 1. The maximum absolute atomic E-state index is 11.9. The fourth-order valence-electron chi connectivity index (χ4n) is 2.16. The van der Waals surface area contributed by atoms with Crippen molar-refractivity contribution >= 4 is 16.1 Å². The van der Waals surface area contributed by atoms with E-state index in [1.54, 1.807) is 11.9 Å². The van der Waals surface area contributed by atoms with Crippen molar-refractivity contribution < 1.29 is 17.9 Å². The standard InChI is InChI=1S/C15H23N3O4S/c1-11-9-12(11)10-17-15(19)18(2)7-8-22-13-3-5-14(6-4-13)23(16,20)21/h3-6,11-12H,7-10H2,1-2H3,(H,17,19)(H2,16,20,21)/t11-,12-/m1/s1. The number of nitrogens with two attached hydrogens (primary N) is 1. The molecule has 2 atom stereocenters. The highest BCUT2D eigenvalue weighted by atomic mass is 32.2. The van der Waals surface area contributed by atoms with Gasteiger partial charge in [0, 0.05) is 13.6 Å². The molecule has 23 heavy (non-hydrogen) atoms. The van der Waals surface area contributed by atoms with Gasteiger partial charge in [0.1, 0.15) is 12.4 Å². The van der Waals surface area contributed by atoms with Crippen molar-refractivity contribution in [2.75, 3.05) is 26.7 Å². The molecule has 128 valence electrons. The number of hydrogen-bond donors (Lipinski definition) is 2. The largest absolute Gasteiger partial charge is 0.492 e. The molecule has 2 rings (SSSR count). The Kier molecular flexibility index (Phi) is 5.48. The van der Waals surface area contributed by atoms with Crippen LogP contribution in [-0.4, -0.2) is 46.1 Å². The lowest BCUT2D eigenvalue weighted by Gasteiger charge is -2.18. The molecule has 0 spiro atoms. The Morgan fingerprint density at radius 1 is 1.39 bits per heavy atom. The van der Waals surface area contributed by atoms with Crippen molar-refractivity contribution in [1.82, 2.24) is 10.2 Å². The van der Waals surface area contributed by atoms with Crippen LogP contribution in [0.2, 0.25) is 0 Å². The first-order chi connectivity index (χ1) is 10.8. The van der Waals surface area contributed by atoms with Crippen LogP contribution < -0.4 is 15.2 Å². The minimum Gasteiger partial charge on any atom is -0.492 e. The van der Waals surface area contributed by atoms with Gasteiger partial charge in [-0.05, 0) is 42.5 Å². The molecule has 0 unspecified atom stereocenters. The van der Waals surface area contributed by atoms with Crippen LogP contribution in [0.3, 0.4) is 0 Å². The Bertz CT molecular complexity index is 645. The molecule has 0 radical (unpaired) electrons. The van der Waals surface area contributed by atoms with Crippen LogP contribution in [0.5, 0.6) is 5.75 Å². The third kappa shape index (κ3) is 5.40. The van der Waals surface area contributed by atoms with Crippen molar-refractivity contribution in [3.05, 3.63) is 24.3 Å². The van der Waals surface area contributed by atoms with Crippen LogP contribution in [0.1, 0.15) is 13.3 Å². The van der Waals surface area contributed by atoms with E-state index >= 15 is 0 Å². The number of amides is 2. The Hall–Kier alpha value is -1.80. The van der Waals surface area contributed by atoms with Gasteiger partial charge in [0.25, 0.3) is 0 Å². The lowest BCUT2D eigenvalue weighted by Crippen LogP contribution is -2.40. The molecule has 0 bridgehead atoms. The van der Waals surface area contributed by atoms with Crippen LogP contribution in [0.15, 0.2) is 29.2 Å². The number of benzene rings is 1. The van der Waals surface area contributed by atoms with Crippen molar-refractivity contribution in [1.29, 1.82) is 0 Å². The van der Waals surface area contributed by atoms with E-state index < -0.39 is 10.0 Å². The number of sulfonamides is 1. The molecule has 1 aromatic rings. The van der Waals surface area contributed by atoms with E-state index in [1.165, 1.54) is 30.7 Å². The molecule has 0 aliphatic heterocycles. The van der Waals surface area contributed by atoms with E-state index in [-0.39, 0.29) is 10.9 Å². The third-order valence-electron chi connectivity index (χ3n) is 3.99. The van der Waals surface area contributed by atoms with Crippen LogP contribution >= 0.6 is 0 Å². The normalized spacial score (nSPS) is 20.0. The zero-order chi connectivity index (χ0) is 17.0. The average Bonchev–Trinajstić information content (AvgIpc) is 3.20. The molecule has 1 aliphatic rings. The van der Waals surface area contributed by atoms with Gasteiger partial charge in [0.2, 0.25) is 10.0 Å². The maximum Gasteiger partial charge on any atom is 0.317 e. The molecule has 0 heterocycles. The Labute approximate surface area is 136 Å². The van der Waals surface area contributed by atoms with Crippen molar-refractivity contribution in [2.24, 2.45) is 17.0 Å². The minimum absolute atomic E-state index is 0.0376. The summed E-state index contributed by atoms with van der Waals surface area (Å²) in [4.78, 5) is 13.5. The summed E-state index contributed by atoms with van der Waals surface area (Å²) in [5, 5.41) is 7.92. The quantitative estimate of drug-likeness (QED) is 0.772. The van der Waals surface area contributed by atoms with Crippen molar-refractivity contribution in [3.8, 4) is 5.75 Å². The number of urea groups is 1. The highest BCUT2D eigenvalue weighted by molar-refractivity contribution is 7.89. The van der Waals surface area contributed by atoms with Crippen LogP contribution in [0, 0.1) is 11.8 Å². The van der Waals surface area contributed by atoms with Crippen LogP contribution in [-0.2, 0) is 10.0 Å². The van der Waals surface area contributed by atoms with Gasteiger partial charge in [-0.2, -0.15) is 0 Å². The van der Waals surface area contributed by atoms with Crippen LogP contribution in [0.25, 0.3) is 0 Å². The molecule has 1 fully saturated rings. The Morgan fingerprint density at radius 3 is 2.52 bits per heavy atom. The summed E-state index contributed by atoms with van der Waals surface area (Å²) in [7, 11) is -1.99. The van der Waals surface area contributed by atoms with Crippen molar-refractivity contribution in [3.63, 3.8) is 0 Å². The lowest BCUT2D eigenvalue weighted by atomic mass is 10.3. The number of rotatable bonds is 7. The van der Waals surface area contributed by atoms with E-state index in [1.807, 2.05) is 0 Å². The van der Waals surface area contributed by atoms with Crippen molar-refractivity contribution in [2.45, 2.75) is 18.2 Å². The number of nitrogens with one attached hydrogen (secondary N) is 1. The molecule has 0 saturated heterocycles. The van der Waals surface area contributed by atoms with Gasteiger partial charge in [-0.25, -0.2) is 18.4 Å². The first-order valence-corrected chi connectivity index (χ1v) is 9.06. The fraction of sp³-hybridized carbons (Fsp3) is 0.533.